The van der Waals surface area contributed by atoms with Crippen LogP contribution in [0.25, 0.3) is 0 Å². The van der Waals surface area contributed by atoms with Crippen molar-refractivity contribution in [1.29, 1.82) is 0 Å². The van der Waals surface area contributed by atoms with E-state index in [-0.39, 0.29) is 24.4 Å². The topological polar surface area (TPSA) is 77.8 Å². The molecule has 0 aromatic carbocycles. The smallest absolute Gasteiger partial charge is 0.355 e. The number of carbonyl (C=O) groups is 3. The number of piperidine rings is 1. The van der Waals surface area contributed by atoms with Crippen molar-refractivity contribution >= 4 is 17.8 Å². The van der Waals surface area contributed by atoms with E-state index in [2.05, 4.69) is 0 Å². The molecule has 0 saturated carbocycles. The lowest BCUT2D eigenvalue weighted by Gasteiger charge is -2.31. The highest BCUT2D eigenvalue weighted by Gasteiger charge is 2.33. The number of aromatic nitrogens is 1. The average Bonchev–Trinajstić information content (AvgIpc) is 2.84. The zero-order valence-corrected chi connectivity index (χ0v) is 16.3. The summed E-state index contributed by atoms with van der Waals surface area (Å²) in [7, 11) is 1.75. The molecule has 1 aliphatic rings. The van der Waals surface area contributed by atoms with Crippen molar-refractivity contribution in [2.24, 2.45) is 13.0 Å². The SMILES string of the molecule is CCOC(=O)c1c(C)c(C(=O)N2CCCC(C(=O)OCC)C2)c(C)n1C. The molecule has 7 heteroatoms. The van der Waals surface area contributed by atoms with Gasteiger partial charge in [-0.15, -0.1) is 0 Å². The van der Waals surface area contributed by atoms with Crippen LogP contribution in [-0.4, -0.2) is 53.6 Å². The van der Waals surface area contributed by atoms with Crippen molar-refractivity contribution in [1.82, 2.24) is 9.47 Å². The molecular weight excluding hydrogens is 336 g/mol. The molecule has 7 nitrogen and oxygen atoms in total. The van der Waals surface area contributed by atoms with Crippen LogP contribution in [0.1, 0.15) is 58.8 Å². The fourth-order valence-electron chi connectivity index (χ4n) is 3.55. The Morgan fingerprint density at radius 2 is 1.77 bits per heavy atom. The molecule has 1 amide bonds. The molecule has 1 aliphatic heterocycles. The van der Waals surface area contributed by atoms with E-state index in [0.717, 1.165) is 12.8 Å². The van der Waals surface area contributed by atoms with E-state index in [4.69, 9.17) is 9.47 Å². The van der Waals surface area contributed by atoms with Crippen LogP contribution in [0.3, 0.4) is 0 Å². The van der Waals surface area contributed by atoms with Gasteiger partial charge in [0, 0.05) is 25.8 Å². The largest absolute Gasteiger partial charge is 0.466 e. The number of carbonyl (C=O) groups excluding carboxylic acids is 3. The van der Waals surface area contributed by atoms with Gasteiger partial charge in [0.15, 0.2) is 0 Å². The molecule has 1 aromatic heterocycles. The molecule has 0 bridgehead atoms. The predicted molar refractivity (Wildman–Crippen MR) is 96.1 cm³/mol. The van der Waals surface area contributed by atoms with Gasteiger partial charge in [-0.1, -0.05) is 0 Å². The molecule has 1 unspecified atom stereocenters. The van der Waals surface area contributed by atoms with E-state index in [1.807, 2.05) is 6.92 Å². The highest BCUT2D eigenvalue weighted by molar-refractivity contribution is 6.01. The van der Waals surface area contributed by atoms with Gasteiger partial charge in [0.1, 0.15) is 5.69 Å². The normalized spacial score (nSPS) is 17.1. The third-order valence-electron chi connectivity index (χ3n) is 4.94. The van der Waals surface area contributed by atoms with Crippen LogP contribution in [0.2, 0.25) is 0 Å². The van der Waals surface area contributed by atoms with Crippen molar-refractivity contribution in [2.45, 2.75) is 40.5 Å². The third-order valence-corrected chi connectivity index (χ3v) is 4.94. The second-order valence-electron chi connectivity index (χ2n) is 6.56. The maximum absolute atomic E-state index is 13.1. The molecule has 1 saturated heterocycles. The Kier molecular flexibility index (Phi) is 6.45. The number of rotatable bonds is 5. The summed E-state index contributed by atoms with van der Waals surface area (Å²) in [4.78, 5) is 39.1. The van der Waals surface area contributed by atoms with Gasteiger partial charge < -0.3 is 18.9 Å². The lowest BCUT2D eigenvalue weighted by atomic mass is 9.97. The predicted octanol–water partition coefficient (Wildman–Crippen LogP) is 2.23. The van der Waals surface area contributed by atoms with E-state index in [1.165, 1.54) is 0 Å². The second kappa shape index (κ2) is 8.38. The summed E-state index contributed by atoms with van der Waals surface area (Å²) in [6.07, 6.45) is 1.48. The fraction of sp³-hybridized carbons (Fsp3) is 0.632. The average molecular weight is 364 g/mol. The van der Waals surface area contributed by atoms with Crippen LogP contribution in [0, 0.1) is 19.8 Å². The number of likely N-dealkylation sites (tertiary alicyclic amines) is 1. The van der Waals surface area contributed by atoms with Crippen molar-refractivity contribution in [2.75, 3.05) is 26.3 Å². The van der Waals surface area contributed by atoms with Crippen LogP contribution in [0.4, 0.5) is 0 Å². The maximum atomic E-state index is 13.1. The molecule has 1 fully saturated rings. The van der Waals surface area contributed by atoms with Crippen molar-refractivity contribution in [3.05, 3.63) is 22.5 Å². The van der Waals surface area contributed by atoms with Crippen LogP contribution in [0.5, 0.6) is 0 Å². The molecule has 144 valence electrons. The first-order chi connectivity index (χ1) is 12.3. The molecular formula is C19H28N2O5. The van der Waals surface area contributed by atoms with Gasteiger partial charge in [0.2, 0.25) is 0 Å². The minimum Gasteiger partial charge on any atom is -0.466 e. The first kappa shape index (κ1) is 20.0. The number of esters is 2. The number of nitrogens with zero attached hydrogens (tertiary/aromatic N) is 2. The van der Waals surface area contributed by atoms with Crippen molar-refractivity contribution in [3.63, 3.8) is 0 Å². The Bertz CT molecular complexity index is 707. The monoisotopic (exact) mass is 364 g/mol. The Labute approximate surface area is 154 Å². The summed E-state index contributed by atoms with van der Waals surface area (Å²) < 4.78 is 11.9. The van der Waals surface area contributed by atoms with Gasteiger partial charge >= 0.3 is 11.9 Å². The second-order valence-corrected chi connectivity index (χ2v) is 6.56. The first-order valence-electron chi connectivity index (χ1n) is 9.12. The Balaban J connectivity index is 2.28. The van der Waals surface area contributed by atoms with Crippen molar-refractivity contribution < 1.29 is 23.9 Å². The van der Waals surface area contributed by atoms with Crippen LogP contribution >= 0.6 is 0 Å². The molecule has 26 heavy (non-hydrogen) atoms. The summed E-state index contributed by atoms with van der Waals surface area (Å²) in [5, 5.41) is 0. The lowest BCUT2D eigenvalue weighted by molar-refractivity contribution is -0.149. The summed E-state index contributed by atoms with van der Waals surface area (Å²) in [5.74, 6) is -1.13. The molecule has 0 radical (unpaired) electrons. The van der Waals surface area contributed by atoms with Crippen molar-refractivity contribution in [3.8, 4) is 0 Å². The third kappa shape index (κ3) is 3.76. The lowest BCUT2D eigenvalue weighted by Crippen LogP contribution is -2.43. The summed E-state index contributed by atoms with van der Waals surface area (Å²) >= 11 is 0. The van der Waals surface area contributed by atoms with Gasteiger partial charge in [-0.25, -0.2) is 4.79 Å². The fourth-order valence-corrected chi connectivity index (χ4v) is 3.55. The van der Waals surface area contributed by atoms with E-state index in [0.29, 0.717) is 42.2 Å². The number of hydrogen-bond donors (Lipinski definition) is 0. The quantitative estimate of drug-likeness (QED) is 0.749. The van der Waals surface area contributed by atoms with Gasteiger partial charge in [-0.05, 0) is 46.1 Å². The van der Waals surface area contributed by atoms with E-state index in [1.54, 1.807) is 37.3 Å². The molecule has 2 rings (SSSR count). The highest BCUT2D eigenvalue weighted by Crippen LogP contribution is 2.26. The Morgan fingerprint density at radius 1 is 1.12 bits per heavy atom. The zero-order chi connectivity index (χ0) is 19.4. The minimum absolute atomic E-state index is 0.153. The van der Waals surface area contributed by atoms with Crippen LogP contribution in [0.15, 0.2) is 0 Å². The molecule has 1 aromatic rings. The Hall–Kier alpha value is -2.31. The van der Waals surface area contributed by atoms with Gasteiger partial charge in [0.05, 0.1) is 24.7 Å². The van der Waals surface area contributed by atoms with Crippen LogP contribution in [-0.2, 0) is 21.3 Å². The number of hydrogen-bond acceptors (Lipinski definition) is 5. The van der Waals surface area contributed by atoms with E-state index >= 15 is 0 Å². The Morgan fingerprint density at radius 3 is 2.38 bits per heavy atom. The van der Waals surface area contributed by atoms with Crippen LogP contribution < -0.4 is 0 Å². The summed E-state index contributed by atoms with van der Waals surface area (Å²) in [6.45, 7) is 8.66. The number of ether oxygens (including phenoxy) is 2. The molecule has 0 aliphatic carbocycles. The minimum atomic E-state index is -0.433. The maximum Gasteiger partial charge on any atom is 0.355 e. The molecule has 0 spiro atoms. The summed E-state index contributed by atoms with van der Waals surface area (Å²) in [6, 6.07) is 0. The van der Waals surface area contributed by atoms with E-state index < -0.39 is 5.97 Å². The standard InChI is InChI=1S/C19H28N2O5/c1-6-25-18(23)14-9-8-10-21(11-14)17(22)15-12(3)16(19(24)26-7-2)20(5)13(15)4/h14H,6-11H2,1-5H3. The van der Waals surface area contributed by atoms with Gasteiger partial charge in [-0.2, -0.15) is 0 Å². The van der Waals surface area contributed by atoms with E-state index in [9.17, 15) is 14.4 Å². The van der Waals surface area contributed by atoms with Gasteiger partial charge in [-0.3, -0.25) is 9.59 Å². The van der Waals surface area contributed by atoms with Gasteiger partial charge in [0.25, 0.3) is 5.91 Å². The number of amides is 1. The zero-order valence-electron chi connectivity index (χ0n) is 16.3. The first-order valence-corrected chi connectivity index (χ1v) is 9.12. The summed E-state index contributed by atoms with van der Waals surface area (Å²) in [5.41, 5.74) is 2.24. The highest BCUT2D eigenvalue weighted by atomic mass is 16.5. The molecule has 0 N–H and O–H groups in total. The molecule has 2 heterocycles. The molecule has 1 atom stereocenters.